The number of piperazine rings is 1. The monoisotopic (exact) mass is 398 g/mol. The first-order chi connectivity index (χ1) is 14.0. The Kier molecular flexibility index (Phi) is 7.66. The van der Waals surface area contributed by atoms with Gasteiger partial charge in [-0.15, -0.1) is 0 Å². The van der Waals surface area contributed by atoms with E-state index < -0.39 is 0 Å². The van der Waals surface area contributed by atoms with E-state index in [0.29, 0.717) is 12.5 Å². The van der Waals surface area contributed by atoms with E-state index in [1.165, 1.54) is 11.1 Å². The average molecular weight is 399 g/mol. The SMILES string of the molecule is CN=C(NCc1ccc(CN2CCN(C)CC2)cc1)NCc1cc(C(C)C)no1. The minimum absolute atomic E-state index is 0.365. The van der Waals surface area contributed by atoms with E-state index in [0.717, 1.165) is 56.7 Å². The molecule has 7 heteroatoms. The Labute approximate surface area is 174 Å². The van der Waals surface area contributed by atoms with Gasteiger partial charge in [0.25, 0.3) is 0 Å². The van der Waals surface area contributed by atoms with Crippen molar-refractivity contribution in [2.75, 3.05) is 40.3 Å². The predicted molar refractivity (Wildman–Crippen MR) is 117 cm³/mol. The van der Waals surface area contributed by atoms with Crippen LogP contribution in [-0.4, -0.2) is 61.2 Å². The number of aliphatic imine (C=N–C) groups is 1. The average Bonchev–Trinajstić information content (AvgIpc) is 3.20. The molecule has 2 aromatic rings. The first-order valence-electron chi connectivity index (χ1n) is 10.4. The second-order valence-electron chi connectivity index (χ2n) is 8.05. The Bertz CT molecular complexity index is 775. The number of hydrogen-bond donors (Lipinski definition) is 2. The van der Waals surface area contributed by atoms with E-state index in [2.05, 4.69) is 75.7 Å². The molecule has 1 aliphatic heterocycles. The van der Waals surface area contributed by atoms with Crippen molar-refractivity contribution in [3.63, 3.8) is 0 Å². The molecule has 0 unspecified atom stereocenters. The highest BCUT2D eigenvalue weighted by Crippen LogP contribution is 2.14. The number of aromatic nitrogens is 1. The Morgan fingerprint density at radius 3 is 2.34 bits per heavy atom. The zero-order valence-corrected chi connectivity index (χ0v) is 18.1. The molecule has 0 amide bonds. The van der Waals surface area contributed by atoms with Crippen LogP contribution in [0.15, 0.2) is 39.8 Å². The summed E-state index contributed by atoms with van der Waals surface area (Å²) in [5.74, 6) is 1.92. The third kappa shape index (κ3) is 6.58. The second-order valence-corrected chi connectivity index (χ2v) is 8.05. The predicted octanol–water partition coefficient (Wildman–Crippen LogP) is 2.41. The van der Waals surface area contributed by atoms with Crippen molar-refractivity contribution in [1.29, 1.82) is 0 Å². The van der Waals surface area contributed by atoms with Crippen LogP contribution < -0.4 is 10.6 Å². The zero-order chi connectivity index (χ0) is 20.6. The number of rotatable bonds is 7. The van der Waals surface area contributed by atoms with Gasteiger partial charge in [-0.25, -0.2) is 0 Å². The highest BCUT2D eigenvalue weighted by molar-refractivity contribution is 5.79. The van der Waals surface area contributed by atoms with Crippen LogP contribution in [0.2, 0.25) is 0 Å². The molecule has 0 saturated carbocycles. The minimum Gasteiger partial charge on any atom is -0.359 e. The van der Waals surface area contributed by atoms with E-state index in [4.69, 9.17) is 4.52 Å². The summed E-state index contributed by atoms with van der Waals surface area (Å²) < 4.78 is 5.36. The third-order valence-electron chi connectivity index (χ3n) is 5.31. The van der Waals surface area contributed by atoms with Gasteiger partial charge in [-0.1, -0.05) is 43.3 Å². The van der Waals surface area contributed by atoms with Crippen molar-refractivity contribution in [1.82, 2.24) is 25.6 Å². The zero-order valence-electron chi connectivity index (χ0n) is 18.1. The maximum absolute atomic E-state index is 5.36. The van der Waals surface area contributed by atoms with Gasteiger partial charge in [-0.2, -0.15) is 0 Å². The molecule has 158 valence electrons. The van der Waals surface area contributed by atoms with E-state index in [1.54, 1.807) is 7.05 Å². The van der Waals surface area contributed by atoms with Crippen LogP contribution in [0, 0.1) is 0 Å². The molecule has 2 heterocycles. The number of likely N-dealkylation sites (N-methyl/N-ethyl adjacent to an activating group) is 1. The van der Waals surface area contributed by atoms with Crippen LogP contribution in [0.5, 0.6) is 0 Å². The van der Waals surface area contributed by atoms with Crippen molar-refractivity contribution < 1.29 is 4.52 Å². The molecule has 1 fully saturated rings. The van der Waals surface area contributed by atoms with Crippen molar-refractivity contribution in [2.24, 2.45) is 4.99 Å². The number of hydrogen-bond acceptors (Lipinski definition) is 5. The summed E-state index contributed by atoms with van der Waals surface area (Å²) in [6.07, 6.45) is 0. The lowest BCUT2D eigenvalue weighted by atomic mass is 10.1. The fourth-order valence-electron chi connectivity index (χ4n) is 3.29. The molecule has 3 rings (SSSR count). The Morgan fingerprint density at radius 2 is 1.72 bits per heavy atom. The van der Waals surface area contributed by atoms with Gasteiger partial charge in [-0.05, 0) is 24.1 Å². The van der Waals surface area contributed by atoms with Crippen LogP contribution in [0.25, 0.3) is 0 Å². The van der Waals surface area contributed by atoms with Gasteiger partial charge in [0.05, 0.1) is 12.2 Å². The number of guanidine groups is 1. The molecule has 7 nitrogen and oxygen atoms in total. The molecule has 0 spiro atoms. The first-order valence-corrected chi connectivity index (χ1v) is 10.4. The smallest absolute Gasteiger partial charge is 0.191 e. The quantitative estimate of drug-likeness (QED) is 0.551. The summed E-state index contributed by atoms with van der Waals surface area (Å²) in [6, 6.07) is 10.8. The highest BCUT2D eigenvalue weighted by atomic mass is 16.5. The summed E-state index contributed by atoms with van der Waals surface area (Å²) >= 11 is 0. The Hall–Kier alpha value is -2.38. The van der Waals surface area contributed by atoms with E-state index >= 15 is 0 Å². The van der Waals surface area contributed by atoms with Gasteiger partial charge >= 0.3 is 0 Å². The van der Waals surface area contributed by atoms with Gasteiger partial charge in [-0.3, -0.25) is 9.89 Å². The minimum atomic E-state index is 0.365. The fourth-order valence-corrected chi connectivity index (χ4v) is 3.29. The largest absolute Gasteiger partial charge is 0.359 e. The summed E-state index contributed by atoms with van der Waals surface area (Å²) in [5, 5.41) is 10.7. The van der Waals surface area contributed by atoms with Gasteiger partial charge < -0.3 is 20.1 Å². The molecule has 0 aliphatic carbocycles. The Morgan fingerprint density at radius 1 is 1.07 bits per heavy atom. The molecule has 2 N–H and O–H groups in total. The van der Waals surface area contributed by atoms with Crippen LogP contribution in [0.3, 0.4) is 0 Å². The maximum Gasteiger partial charge on any atom is 0.191 e. The summed E-state index contributed by atoms with van der Waals surface area (Å²) in [6.45, 7) is 11.1. The summed E-state index contributed by atoms with van der Waals surface area (Å²) in [4.78, 5) is 9.19. The maximum atomic E-state index is 5.36. The molecule has 0 bridgehead atoms. The lowest BCUT2D eigenvalue weighted by Gasteiger charge is -2.32. The van der Waals surface area contributed by atoms with Gasteiger partial charge in [0.2, 0.25) is 0 Å². The Balaban J connectivity index is 1.43. The fraction of sp³-hybridized carbons (Fsp3) is 0.545. The van der Waals surface area contributed by atoms with E-state index in [9.17, 15) is 0 Å². The van der Waals surface area contributed by atoms with Crippen LogP contribution in [0.4, 0.5) is 0 Å². The molecule has 1 saturated heterocycles. The molecular formula is C22H34N6O. The van der Waals surface area contributed by atoms with Gasteiger partial charge in [0.1, 0.15) is 0 Å². The molecular weight excluding hydrogens is 364 g/mol. The molecule has 1 aromatic heterocycles. The summed E-state index contributed by atoms with van der Waals surface area (Å²) in [5.41, 5.74) is 3.57. The normalized spacial score (nSPS) is 16.4. The molecule has 29 heavy (non-hydrogen) atoms. The number of nitrogens with zero attached hydrogens (tertiary/aromatic N) is 4. The van der Waals surface area contributed by atoms with Crippen LogP contribution in [-0.2, 0) is 19.6 Å². The lowest BCUT2D eigenvalue weighted by Crippen LogP contribution is -2.43. The highest BCUT2D eigenvalue weighted by Gasteiger charge is 2.13. The molecule has 0 atom stereocenters. The third-order valence-corrected chi connectivity index (χ3v) is 5.31. The van der Waals surface area contributed by atoms with Crippen molar-refractivity contribution in [2.45, 2.75) is 39.4 Å². The van der Waals surface area contributed by atoms with Crippen molar-refractivity contribution in [3.8, 4) is 0 Å². The van der Waals surface area contributed by atoms with Crippen LogP contribution in [0.1, 0.15) is 42.3 Å². The number of nitrogens with one attached hydrogen (secondary N) is 2. The molecule has 1 aromatic carbocycles. The topological polar surface area (TPSA) is 68.9 Å². The molecule has 0 radical (unpaired) electrons. The van der Waals surface area contributed by atoms with E-state index in [-0.39, 0.29) is 0 Å². The molecule has 1 aliphatic rings. The van der Waals surface area contributed by atoms with Crippen LogP contribution >= 0.6 is 0 Å². The van der Waals surface area contributed by atoms with Gasteiger partial charge in [0.15, 0.2) is 11.7 Å². The number of benzene rings is 1. The van der Waals surface area contributed by atoms with E-state index in [1.807, 2.05) is 6.07 Å². The van der Waals surface area contributed by atoms with Crippen molar-refractivity contribution in [3.05, 3.63) is 52.9 Å². The summed E-state index contributed by atoms with van der Waals surface area (Å²) in [7, 11) is 3.96. The lowest BCUT2D eigenvalue weighted by molar-refractivity contribution is 0.148. The second kappa shape index (κ2) is 10.4. The van der Waals surface area contributed by atoms with Crippen molar-refractivity contribution >= 4 is 5.96 Å². The standard InChI is InChI=1S/C22H34N6O/c1-17(2)21-13-20(29-26-21)15-25-22(23-3)24-14-18-5-7-19(8-6-18)16-28-11-9-27(4)10-12-28/h5-8,13,17H,9-12,14-16H2,1-4H3,(H2,23,24,25). The van der Waals surface area contributed by atoms with Gasteiger partial charge in [0, 0.05) is 52.4 Å². The first kappa shape index (κ1) is 21.3.